The molecule has 3 rings (SSSR count). The number of hydrogen-bond donors (Lipinski definition) is 1. The molecule has 5 nitrogen and oxygen atoms in total. The van der Waals surface area contributed by atoms with Crippen molar-refractivity contribution in [3.63, 3.8) is 0 Å². The van der Waals surface area contributed by atoms with Gasteiger partial charge in [-0.15, -0.1) is 0 Å². The molecule has 142 valence electrons. The number of benzene rings is 1. The van der Waals surface area contributed by atoms with Crippen LogP contribution in [0.1, 0.15) is 16.7 Å². The molecule has 2 aromatic heterocycles. The Labute approximate surface area is 155 Å². The summed E-state index contributed by atoms with van der Waals surface area (Å²) in [5.74, 6) is -2.38. The lowest BCUT2D eigenvalue weighted by Crippen LogP contribution is -2.14. The minimum Gasteiger partial charge on any atom is -0.365 e. The van der Waals surface area contributed by atoms with Crippen LogP contribution in [0, 0.1) is 23.0 Å². The number of nitriles is 1. The standard InChI is InChI=1S/C18H10F5N5/c19-13-2-1-11(15(20)4-13)8-26-17-14(18(21,22)23)9-27-16(28-17)12-3-10(5-24)6-25-7-12/h1-4,6-7,9H,8H2,(H,26,27,28). The van der Waals surface area contributed by atoms with Crippen LogP contribution in [0.5, 0.6) is 0 Å². The van der Waals surface area contributed by atoms with E-state index < -0.39 is 29.2 Å². The summed E-state index contributed by atoms with van der Waals surface area (Å²) in [5, 5.41) is 11.3. The largest absolute Gasteiger partial charge is 0.421 e. The van der Waals surface area contributed by atoms with Gasteiger partial charge in [-0.2, -0.15) is 18.4 Å². The molecule has 0 aliphatic heterocycles. The normalized spacial score (nSPS) is 11.1. The average Bonchev–Trinajstić information content (AvgIpc) is 2.66. The van der Waals surface area contributed by atoms with Gasteiger partial charge >= 0.3 is 6.18 Å². The van der Waals surface area contributed by atoms with Crippen LogP contribution >= 0.6 is 0 Å². The van der Waals surface area contributed by atoms with E-state index in [1.165, 1.54) is 18.5 Å². The number of halogens is 5. The van der Waals surface area contributed by atoms with Gasteiger partial charge in [0.05, 0.1) is 5.56 Å². The van der Waals surface area contributed by atoms with Crippen LogP contribution in [0.15, 0.2) is 42.9 Å². The summed E-state index contributed by atoms with van der Waals surface area (Å²) in [5.41, 5.74) is -0.765. The summed E-state index contributed by atoms with van der Waals surface area (Å²) in [6, 6.07) is 5.98. The molecule has 1 aromatic carbocycles. The molecule has 0 fully saturated rings. The highest BCUT2D eigenvalue weighted by molar-refractivity contribution is 5.59. The maximum atomic E-state index is 13.7. The zero-order chi connectivity index (χ0) is 20.3. The molecule has 0 aliphatic carbocycles. The predicted octanol–water partition coefficient (Wildman–Crippen LogP) is 4.32. The molecule has 0 radical (unpaired) electrons. The second kappa shape index (κ2) is 7.56. The van der Waals surface area contributed by atoms with Crippen molar-refractivity contribution in [2.45, 2.75) is 12.7 Å². The van der Waals surface area contributed by atoms with E-state index in [0.717, 1.165) is 12.1 Å². The van der Waals surface area contributed by atoms with Crippen molar-refractivity contribution in [3.05, 3.63) is 71.2 Å². The quantitative estimate of drug-likeness (QED) is 0.671. The SMILES string of the molecule is N#Cc1cncc(-c2ncc(C(F)(F)F)c(NCc3ccc(F)cc3F)n2)c1. The average molecular weight is 391 g/mol. The molecule has 0 bridgehead atoms. The fourth-order valence-corrected chi connectivity index (χ4v) is 2.33. The Morgan fingerprint density at radius 1 is 1.07 bits per heavy atom. The molecule has 1 N–H and O–H groups in total. The lowest BCUT2D eigenvalue weighted by molar-refractivity contribution is -0.137. The first-order valence-corrected chi connectivity index (χ1v) is 7.75. The summed E-state index contributed by atoms with van der Waals surface area (Å²) in [6.07, 6.45) is -1.59. The Hall–Kier alpha value is -3.61. The Bertz CT molecular complexity index is 1060. The minimum absolute atomic E-state index is 0.0390. The topological polar surface area (TPSA) is 74.5 Å². The van der Waals surface area contributed by atoms with Gasteiger partial charge in [0, 0.05) is 42.3 Å². The molecule has 0 unspecified atom stereocenters. The van der Waals surface area contributed by atoms with Crippen LogP contribution in [0.3, 0.4) is 0 Å². The number of alkyl halides is 3. The Kier molecular flexibility index (Phi) is 5.17. The fraction of sp³-hybridized carbons (Fsp3) is 0.111. The third-order valence-electron chi connectivity index (χ3n) is 3.68. The van der Waals surface area contributed by atoms with Crippen molar-refractivity contribution in [1.29, 1.82) is 5.26 Å². The Morgan fingerprint density at radius 3 is 2.54 bits per heavy atom. The molecule has 0 spiro atoms. The van der Waals surface area contributed by atoms with Crippen molar-refractivity contribution in [3.8, 4) is 17.5 Å². The van der Waals surface area contributed by atoms with Gasteiger partial charge in [0.1, 0.15) is 29.1 Å². The maximum Gasteiger partial charge on any atom is 0.421 e. The summed E-state index contributed by atoms with van der Waals surface area (Å²) in [4.78, 5) is 11.4. The number of aromatic nitrogens is 3. The Morgan fingerprint density at radius 2 is 1.86 bits per heavy atom. The highest BCUT2D eigenvalue weighted by Crippen LogP contribution is 2.34. The second-order valence-electron chi connectivity index (χ2n) is 5.62. The van der Waals surface area contributed by atoms with Gasteiger partial charge in [-0.1, -0.05) is 6.07 Å². The van der Waals surface area contributed by atoms with Gasteiger partial charge in [-0.25, -0.2) is 18.7 Å². The first kappa shape index (κ1) is 19.2. The molecule has 0 aliphatic rings. The van der Waals surface area contributed by atoms with Gasteiger partial charge in [0.25, 0.3) is 0 Å². The van der Waals surface area contributed by atoms with E-state index in [0.29, 0.717) is 12.3 Å². The lowest BCUT2D eigenvalue weighted by atomic mass is 10.2. The Balaban J connectivity index is 1.98. The number of anilines is 1. The van der Waals surface area contributed by atoms with E-state index >= 15 is 0 Å². The molecule has 10 heteroatoms. The number of nitrogens with zero attached hydrogens (tertiary/aromatic N) is 4. The van der Waals surface area contributed by atoms with Crippen LogP contribution in [-0.2, 0) is 12.7 Å². The van der Waals surface area contributed by atoms with E-state index in [9.17, 15) is 22.0 Å². The van der Waals surface area contributed by atoms with Crippen LogP contribution in [-0.4, -0.2) is 15.0 Å². The zero-order valence-electron chi connectivity index (χ0n) is 13.9. The third kappa shape index (κ3) is 4.20. The van der Waals surface area contributed by atoms with Crippen LogP contribution in [0.2, 0.25) is 0 Å². The highest BCUT2D eigenvalue weighted by Gasteiger charge is 2.35. The van der Waals surface area contributed by atoms with Gasteiger partial charge < -0.3 is 5.32 Å². The molecule has 2 heterocycles. The summed E-state index contributed by atoms with van der Waals surface area (Å²) < 4.78 is 66.5. The molecule has 3 aromatic rings. The van der Waals surface area contributed by atoms with Gasteiger partial charge in [-0.3, -0.25) is 4.98 Å². The summed E-state index contributed by atoms with van der Waals surface area (Å²) in [7, 11) is 0. The van der Waals surface area contributed by atoms with Gasteiger partial charge in [-0.05, 0) is 12.1 Å². The van der Waals surface area contributed by atoms with Crippen molar-refractivity contribution < 1.29 is 22.0 Å². The lowest BCUT2D eigenvalue weighted by Gasteiger charge is -2.14. The number of pyridine rings is 1. The fourth-order valence-electron chi connectivity index (χ4n) is 2.33. The summed E-state index contributed by atoms with van der Waals surface area (Å²) in [6.45, 7) is -0.359. The molecule has 0 atom stereocenters. The first-order chi connectivity index (χ1) is 13.3. The van der Waals surface area contributed by atoms with E-state index in [1.807, 2.05) is 6.07 Å². The third-order valence-corrected chi connectivity index (χ3v) is 3.68. The predicted molar refractivity (Wildman–Crippen MR) is 88.7 cm³/mol. The highest BCUT2D eigenvalue weighted by atomic mass is 19.4. The minimum atomic E-state index is -4.76. The van der Waals surface area contributed by atoms with Gasteiger partial charge in [0.2, 0.25) is 0 Å². The molecule has 0 saturated carbocycles. The van der Waals surface area contributed by atoms with Crippen molar-refractivity contribution in [2.75, 3.05) is 5.32 Å². The molecular weight excluding hydrogens is 381 g/mol. The van der Waals surface area contributed by atoms with Crippen molar-refractivity contribution in [1.82, 2.24) is 15.0 Å². The number of rotatable bonds is 4. The monoisotopic (exact) mass is 391 g/mol. The second-order valence-corrected chi connectivity index (χ2v) is 5.62. The number of nitrogens with one attached hydrogen (secondary N) is 1. The van der Waals surface area contributed by atoms with Crippen LogP contribution < -0.4 is 5.32 Å². The number of hydrogen-bond acceptors (Lipinski definition) is 5. The van der Waals surface area contributed by atoms with E-state index in [-0.39, 0.29) is 29.1 Å². The maximum absolute atomic E-state index is 13.7. The van der Waals surface area contributed by atoms with Gasteiger partial charge in [0.15, 0.2) is 5.82 Å². The first-order valence-electron chi connectivity index (χ1n) is 7.75. The smallest absolute Gasteiger partial charge is 0.365 e. The summed E-state index contributed by atoms with van der Waals surface area (Å²) >= 11 is 0. The molecular formula is C18H10F5N5. The zero-order valence-corrected chi connectivity index (χ0v) is 13.9. The molecule has 0 saturated heterocycles. The van der Waals surface area contributed by atoms with Crippen LogP contribution in [0.4, 0.5) is 27.8 Å². The van der Waals surface area contributed by atoms with E-state index in [1.54, 1.807) is 0 Å². The van der Waals surface area contributed by atoms with E-state index in [4.69, 9.17) is 5.26 Å². The van der Waals surface area contributed by atoms with Crippen molar-refractivity contribution in [2.24, 2.45) is 0 Å². The van der Waals surface area contributed by atoms with E-state index in [2.05, 4.69) is 20.3 Å². The molecule has 0 amide bonds. The molecule has 28 heavy (non-hydrogen) atoms. The van der Waals surface area contributed by atoms with Crippen LogP contribution in [0.25, 0.3) is 11.4 Å². The van der Waals surface area contributed by atoms with Crippen molar-refractivity contribution >= 4 is 5.82 Å².